The summed E-state index contributed by atoms with van der Waals surface area (Å²) in [6.07, 6.45) is 1.72. The van der Waals surface area contributed by atoms with E-state index in [-0.39, 0.29) is 5.91 Å². The van der Waals surface area contributed by atoms with Gasteiger partial charge < -0.3 is 15.4 Å². The molecule has 0 bridgehead atoms. The number of amides is 1. The highest BCUT2D eigenvalue weighted by molar-refractivity contribution is 9.10. The van der Waals surface area contributed by atoms with E-state index in [4.69, 9.17) is 21.3 Å². The Kier molecular flexibility index (Phi) is 8.16. The minimum absolute atomic E-state index is 0.200. The van der Waals surface area contributed by atoms with Gasteiger partial charge in [0, 0.05) is 29.7 Å². The molecule has 0 saturated carbocycles. The lowest BCUT2D eigenvalue weighted by atomic mass is 10.1. The number of carbonyl (C=O) groups is 1. The van der Waals surface area contributed by atoms with Gasteiger partial charge in [0.05, 0.1) is 21.9 Å². The van der Waals surface area contributed by atoms with Crippen molar-refractivity contribution in [3.05, 3.63) is 142 Å². The van der Waals surface area contributed by atoms with Gasteiger partial charge in [-0.3, -0.25) is 4.79 Å². The lowest BCUT2D eigenvalue weighted by molar-refractivity contribution is 0.0948. The van der Waals surface area contributed by atoms with Gasteiger partial charge in [-0.15, -0.1) is 0 Å². The third kappa shape index (κ3) is 6.15. The molecule has 0 aliphatic rings. The number of rotatable bonds is 9. The largest absolute Gasteiger partial charge is 0.457 e. The lowest BCUT2D eigenvalue weighted by Gasteiger charge is -2.13. The van der Waals surface area contributed by atoms with Gasteiger partial charge >= 0.3 is 0 Å². The molecule has 6 aromatic rings. The van der Waals surface area contributed by atoms with E-state index in [1.165, 1.54) is 0 Å². The molecule has 0 atom stereocenters. The first-order valence-corrected chi connectivity index (χ1v) is 14.4. The molecule has 0 radical (unpaired) electrons. The van der Waals surface area contributed by atoms with Crippen molar-refractivity contribution in [3.63, 3.8) is 0 Å². The van der Waals surface area contributed by atoms with E-state index in [9.17, 15) is 4.79 Å². The van der Waals surface area contributed by atoms with Crippen molar-refractivity contribution >= 4 is 44.9 Å². The van der Waals surface area contributed by atoms with E-state index in [2.05, 4.69) is 31.7 Å². The van der Waals surface area contributed by atoms with Crippen LogP contribution in [0.2, 0.25) is 5.02 Å². The molecular formula is C33H25BrClN5O2. The average molecular weight is 639 g/mol. The molecule has 42 heavy (non-hydrogen) atoms. The summed E-state index contributed by atoms with van der Waals surface area (Å²) in [6.45, 7) is 0.953. The quantitative estimate of drug-likeness (QED) is 0.167. The van der Waals surface area contributed by atoms with Crippen molar-refractivity contribution < 1.29 is 9.53 Å². The molecule has 9 heteroatoms. The molecule has 208 valence electrons. The van der Waals surface area contributed by atoms with Crippen LogP contribution in [-0.2, 0) is 13.1 Å². The zero-order valence-corrected chi connectivity index (χ0v) is 24.6. The predicted molar refractivity (Wildman–Crippen MR) is 169 cm³/mol. The SMILES string of the molecule is O=C(NCc1ccc(CNc2cc(-c3ccccc3Cl)nc3c(Br)cnn23)cc1)c1ccccc1Oc1ccccc1. The summed E-state index contributed by atoms with van der Waals surface area (Å²) in [6, 6.07) is 34.3. The van der Waals surface area contributed by atoms with Gasteiger partial charge in [0.1, 0.15) is 17.3 Å². The monoisotopic (exact) mass is 637 g/mol. The zero-order valence-electron chi connectivity index (χ0n) is 22.3. The summed E-state index contributed by atoms with van der Waals surface area (Å²) in [7, 11) is 0. The van der Waals surface area contributed by atoms with Gasteiger partial charge in [-0.05, 0) is 57.4 Å². The number of aromatic nitrogens is 3. The summed E-state index contributed by atoms with van der Waals surface area (Å²) in [4.78, 5) is 17.8. The van der Waals surface area contributed by atoms with Gasteiger partial charge in [0.15, 0.2) is 5.65 Å². The van der Waals surface area contributed by atoms with Gasteiger partial charge in [-0.1, -0.05) is 84.4 Å². The number of nitrogens with zero attached hydrogens (tertiary/aromatic N) is 3. The summed E-state index contributed by atoms with van der Waals surface area (Å²) < 4.78 is 8.49. The fraction of sp³-hybridized carbons (Fsp3) is 0.0606. The van der Waals surface area contributed by atoms with Crippen LogP contribution in [0.15, 0.2) is 120 Å². The van der Waals surface area contributed by atoms with Crippen molar-refractivity contribution in [2.75, 3.05) is 5.32 Å². The summed E-state index contributed by atoms with van der Waals surface area (Å²) >= 11 is 10.0. The number of hydrogen-bond donors (Lipinski definition) is 2. The Labute approximate surface area is 256 Å². The number of ether oxygens (including phenoxy) is 1. The topological polar surface area (TPSA) is 80.5 Å². The number of benzene rings is 4. The number of para-hydroxylation sites is 2. The van der Waals surface area contributed by atoms with Crippen LogP contribution in [0.5, 0.6) is 11.5 Å². The Morgan fingerprint density at radius 1 is 0.857 bits per heavy atom. The summed E-state index contributed by atoms with van der Waals surface area (Å²) in [5, 5.41) is 11.6. The van der Waals surface area contributed by atoms with Crippen LogP contribution in [0.3, 0.4) is 0 Å². The average Bonchev–Trinajstić information content (AvgIpc) is 3.40. The molecule has 6 rings (SSSR count). The van der Waals surface area contributed by atoms with Crippen LogP contribution >= 0.6 is 27.5 Å². The maximum absolute atomic E-state index is 13.0. The van der Waals surface area contributed by atoms with Crippen LogP contribution in [0, 0.1) is 0 Å². The fourth-order valence-corrected chi connectivity index (χ4v) is 5.05. The number of anilines is 1. The Hall–Kier alpha value is -4.66. The molecule has 0 aliphatic carbocycles. The van der Waals surface area contributed by atoms with Crippen LogP contribution in [0.1, 0.15) is 21.5 Å². The maximum Gasteiger partial charge on any atom is 0.255 e. The molecule has 0 aliphatic heterocycles. The van der Waals surface area contributed by atoms with E-state index in [0.29, 0.717) is 40.8 Å². The van der Waals surface area contributed by atoms with Gasteiger partial charge in [-0.2, -0.15) is 9.61 Å². The molecule has 4 aromatic carbocycles. The van der Waals surface area contributed by atoms with Crippen molar-refractivity contribution in [1.82, 2.24) is 19.9 Å². The molecule has 2 heterocycles. The second-order valence-corrected chi connectivity index (χ2v) is 10.8. The standard InChI is InChI=1S/C33H25BrClN5O2/c34-27-21-38-40-31(18-29(39-32(27)40)25-10-4-6-12-28(25)35)36-19-22-14-16-23(17-15-22)20-37-33(41)26-11-5-7-13-30(26)42-24-8-2-1-3-9-24/h1-18,21,36H,19-20H2,(H,37,41). The number of hydrogen-bond acceptors (Lipinski definition) is 5. The molecule has 1 amide bonds. The van der Waals surface area contributed by atoms with Crippen LogP contribution in [0.4, 0.5) is 5.82 Å². The van der Waals surface area contributed by atoms with Crippen LogP contribution in [-0.4, -0.2) is 20.5 Å². The van der Waals surface area contributed by atoms with E-state index in [1.807, 2.05) is 97.1 Å². The number of carbonyl (C=O) groups excluding carboxylic acids is 1. The Morgan fingerprint density at radius 2 is 1.55 bits per heavy atom. The number of halogens is 2. The minimum atomic E-state index is -0.200. The fourth-order valence-electron chi connectivity index (χ4n) is 4.47. The third-order valence-electron chi connectivity index (χ3n) is 6.63. The Balaban J connectivity index is 1.12. The number of nitrogens with one attached hydrogen (secondary N) is 2. The van der Waals surface area contributed by atoms with E-state index < -0.39 is 0 Å². The van der Waals surface area contributed by atoms with Crippen LogP contribution < -0.4 is 15.4 Å². The smallest absolute Gasteiger partial charge is 0.255 e. The highest BCUT2D eigenvalue weighted by Gasteiger charge is 2.14. The second kappa shape index (κ2) is 12.5. The minimum Gasteiger partial charge on any atom is -0.457 e. The molecule has 0 spiro atoms. The Bertz CT molecular complexity index is 1860. The summed E-state index contributed by atoms with van der Waals surface area (Å²) in [5.41, 5.74) is 4.82. The third-order valence-corrected chi connectivity index (χ3v) is 7.52. The van der Waals surface area contributed by atoms with E-state index in [1.54, 1.807) is 22.8 Å². The Morgan fingerprint density at radius 3 is 2.33 bits per heavy atom. The molecule has 2 N–H and O–H groups in total. The van der Waals surface area contributed by atoms with Gasteiger partial charge in [-0.25, -0.2) is 4.98 Å². The molecule has 7 nitrogen and oxygen atoms in total. The van der Waals surface area contributed by atoms with Crippen molar-refractivity contribution in [2.24, 2.45) is 0 Å². The highest BCUT2D eigenvalue weighted by Crippen LogP contribution is 2.30. The molecule has 0 unspecified atom stereocenters. The van der Waals surface area contributed by atoms with Gasteiger partial charge in [0.25, 0.3) is 5.91 Å². The molecule has 2 aromatic heterocycles. The van der Waals surface area contributed by atoms with Crippen molar-refractivity contribution in [2.45, 2.75) is 13.1 Å². The van der Waals surface area contributed by atoms with Crippen molar-refractivity contribution in [3.8, 4) is 22.8 Å². The maximum atomic E-state index is 13.0. The van der Waals surface area contributed by atoms with E-state index >= 15 is 0 Å². The molecule has 0 saturated heterocycles. The van der Waals surface area contributed by atoms with Crippen LogP contribution in [0.25, 0.3) is 16.9 Å². The highest BCUT2D eigenvalue weighted by atomic mass is 79.9. The lowest BCUT2D eigenvalue weighted by Crippen LogP contribution is -2.23. The first-order valence-electron chi connectivity index (χ1n) is 13.3. The number of fused-ring (bicyclic) bond motifs is 1. The second-order valence-electron chi connectivity index (χ2n) is 9.50. The first-order chi connectivity index (χ1) is 20.5. The predicted octanol–water partition coefficient (Wildman–Crippen LogP) is 8.15. The molecule has 0 fully saturated rings. The van der Waals surface area contributed by atoms with Crippen molar-refractivity contribution in [1.29, 1.82) is 0 Å². The zero-order chi connectivity index (χ0) is 28.9. The normalized spacial score (nSPS) is 10.9. The first kappa shape index (κ1) is 27.5. The summed E-state index contributed by atoms with van der Waals surface area (Å²) in [5.74, 6) is 1.77. The molecular weight excluding hydrogens is 614 g/mol. The van der Waals surface area contributed by atoms with Gasteiger partial charge in [0.2, 0.25) is 0 Å². The van der Waals surface area contributed by atoms with E-state index in [0.717, 1.165) is 32.7 Å².